The molecule has 0 radical (unpaired) electrons. The number of hydrogen-bond donors (Lipinski definition) is 1. The van der Waals surface area contributed by atoms with E-state index in [1.165, 1.54) is 6.07 Å². The van der Waals surface area contributed by atoms with Gasteiger partial charge in [0.25, 0.3) is 0 Å². The van der Waals surface area contributed by atoms with Crippen LogP contribution in [0.5, 0.6) is 0 Å². The molecule has 0 aliphatic carbocycles. The van der Waals surface area contributed by atoms with E-state index in [0.717, 1.165) is 11.9 Å². The number of carbonyl (C=O) groups is 1. The minimum Gasteiger partial charge on any atom is -0.478 e. The van der Waals surface area contributed by atoms with Crippen molar-refractivity contribution in [1.29, 1.82) is 0 Å². The van der Waals surface area contributed by atoms with Crippen LogP contribution in [-0.4, -0.2) is 53.0 Å². The number of benzene rings is 1. The fraction of sp³-hybridized carbons (Fsp3) is 0.462. The monoisotopic (exact) mass is 279 g/mol. The summed E-state index contributed by atoms with van der Waals surface area (Å²) < 4.78 is 12.0. The van der Waals surface area contributed by atoms with Gasteiger partial charge in [0.1, 0.15) is 5.52 Å². The Morgan fingerprint density at radius 2 is 2.20 bits per heavy atom. The number of aromatic nitrogens is 3. The first-order chi connectivity index (χ1) is 9.72. The van der Waals surface area contributed by atoms with Gasteiger partial charge in [-0.05, 0) is 24.6 Å². The normalized spacial score (nSPS) is 11.1. The molecule has 0 saturated carbocycles. The van der Waals surface area contributed by atoms with Gasteiger partial charge in [-0.2, -0.15) is 0 Å². The number of ether oxygens (including phenoxy) is 2. The average molecular weight is 279 g/mol. The predicted molar refractivity (Wildman–Crippen MR) is 71.8 cm³/mol. The zero-order chi connectivity index (χ0) is 14.4. The number of aromatic carboxylic acids is 1. The van der Waals surface area contributed by atoms with Gasteiger partial charge in [-0.1, -0.05) is 5.21 Å². The molecule has 2 aromatic rings. The van der Waals surface area contributed by atoms with Crippen LogP contribution in [-0.2, 0) is 16.0 Å². The Balaban J connectivity index is 1.92. The van der Waals surface area contributed by atoms with Crippen LogP contribution >= 0.6 is 0 Å². The van der Waals surface area contributed by atoms with Gasteiger partial charge in [0.15, 0.2) is 0 Å². The first-order valence-electron chi connectivity index (χ1n) is 6.35. The Morgan fingerprint density at radius 1 is 1.35 bits per heavy atom. The van der Waals surface area contributed by atoms with Gasteiger partial charge in [-0.15, -0.1) is 5.10 Å². The summed E-state index contributed by atoms with van der Waals surface area (Å²) in [5.41, 5.74) is 1.63. The first kappa shape index (κ1) is 14.4. The molecule has 108 valence electrons. The molecule has 7 heteroatoms. The zero-order valence-electron chi connectivity index (χ0n) is 11.3. The van der Waals surface area contributed by atoms with E-state index >= 15 is 0 Å². The molecule has 20 heavy (non-hydrogen) atoms. The molecule has 1 aromatic heterocycles. The van der Waals surface area contributed by atoms with Crippen molar-refractivity contribution in [3.8, 4) is 0 Å². The van der Waals surface area contributed by atoms with Crippen LogP contribution in [0, 0.1) is 0 Å². The highest BCUT2D eigenvalue weighted by molar-refractivity contribution is 5.92. The molecule has 0 aliphatic rings. The van der Waals surface area contributed by atoms with Crippen molar-refractivity contribution in [2.24, 2.45) is 0 Å². The summed E-state index contributed by atoms with van der Waals surface area (Å²) in [4.78, 5) is 10.9. The molecule has 0 unspecified atom stereocenters. The van der Waals surface area contributed by atoms with Gasteiger partial charge in [0.2, 0.25) is 0 Å². The zero-order valence-corrected chi connectivity index (χ0v) is 11.3. The second-order valence-electron chi connectivity index (χ2n) is 4.28. The van der Waals surface area contributed by atoms with E-state index in [1.54, 1.807) is 23.9 Å². The second-order valence-corrected chi connectivity index (χ2v) is 4.28. The van der Waals surface area contributed by atoms with Gasteiger partial charge in [0.05, 0.1) is 24.3 Å². The number of hydrogen-bond acceptors (Lipinski definition) is 5. The lowest BCUT2D eigenvalue weighted by Crippen LogP contribution is -2.07. The lowest BCUT2D eigenvalue weighted by Gasteiger charge is -2.04. The average Bonchev–Trinajstić information content (AvgIpc) is 2.85. The molecule has 0 fully saturated rings. The Bertz CT molecular complexity index is 582. The largest absolute Gasteiger partial charge is 0.478 e. The Morgan fingerprint density at radius 3 is 2.95 bits per heavy atom. The van der Waals surface area contributed by atoms with Gasteiger partial charge in [-0.25, -0.2) is 9.48 Å². The molecular weight excluding hydrogens is 262 g/mol. The van der Waals surface area contributed by atoms with Crippen molar-refractivity contribution >= 4 is 17.0 Å². The van der Waals surface area contributed by atoms with E-state index in [0.29, 0.717) is 31.9 Å². The number of rotatable bonds is 8. The van der Waals surface area contributed by atoms with Crippen LogP contribution in [0.4, 0.5) is 0 Å². The Kier molecular flexibility index (Phi) is 5.03. The van der Waals surface area contributed by atoms with E-state index in [1.807, 2.05) is 0 Å². The molecule has 0 spiro atoms. The van der Waals surface area contributed by atoms with E-state index < -0.39 is 5.97 Å². The fourth-order valence-corrected chi connectivity index (χ4v) is 1.83. The van der Waals surface area contributed by atoms with Gasteiger partial charge in [0, 0.05) is 20.3 Å². The summed E-state index contributed by atoms with van der Waals surface area (Å²) in [5, 5.41) is 16.9. The molecule has 0 bridgehead atoms. The van der Waals surface area contributed by atoms with Gasteiger partial charge >= 0.3 is 5.97 Å². The molecule has 1 aromatic carbocycles. The number of aryl methyl sites for hydroxylation is 1. The van der Waals surface area contributed by atoms with Crippen molar-refractivity contribution in [3.63, 3.8) is 0 Å². The predicted octanol–water partition coefficient (Wildman–Crippen LogP) is 1.18. The van der Waals surface area contributed by atoms with Crippen LogP contribution in [0.3, 0.4) is 0 Å². The lowest BCUT2D eigenvalue weighted by atomic mass is 10.2. The van der Waals surface area contributed by atoms with Crippen molar-refractivity contribution in [3.05, 3.63) is 23.8 Å². The molecule has 7 nitrogen and oxygen atoms in total. The lowest BCUT2D eigenvalue weighted by molar-refractivity contribution is 0.0677. The number of carboxylic acid groups (broad SMARTS) is 1. The summed E-state index contributed by atoms with van der Waals surface area (Å²) in [7, 11) is 1.64. The third kappa shape index (κ3) is 3.52. The highest BCUT2D eigenvalue weighted by Crippen LogP contribution is 2.13. The highest BCUT2D eigenvalue weighted by atomic mass is 16.5. The van der Waals surface area contributed by atoms with Crippen LogP contribution in [0.25, 0.3) is 11.0 Å². The minimum absolute atomic E-state index is 0.215. The van der Waals surface area contributed by atoms with E-state index in [4.69, 9.17) is 14.6 Å². The highest BCUT2D eigenvalue weighted by Gasteiger charge is 2.08. The van der Waals surface area contributed by atoms with E-state index in [-0.39, 0.29) is 5.56 Å². The van der Waals surface area contributed by atoms with E-state index in [9.17, 15) is 4.79 Å². The fourth-order valence-electron chi connectivity index (χ4n) is 1.83. The Labute approximate surface area is 116 Å². The summed E-state index contributed by atoms with van der Waals surface area (Å²) in [6.45, 7) is 2.47. The summed E-state index contributed by atoms with van der Waals surface area (Å²) in [6.07, 6.45) is 0.808. The molecule has 2 rings (SSSR count). The third-order valence-corrected chi connectivity index (χ3v) is 2.85. The maximum atomic E-state index is 10.9. The van der Waals surface area contributed by atoms with Crippen LogP contribution in [0.15, 0.2) is 18.2 Å². The maximum Gasteiger partial charge on any atom is 0.335 e. The molecule has 1 heterocycles. The molecule has 0 aliphatic heterocycles. The van der Waals surface area contributed by atoms with Crippen molar-refractivity contribution in [1.82, 2.24) is 15.0 Å². The number of fused-ring (bicyclic) bond motifs is 1. The topological polar surface area (TPSA) is 86.5 Å². The summed E-state index contributed by atoms with van der Waals surface area (Å²) >= 11 is 0. The Hall–Kier alpha value is -1.99. The molecule has 1 N–H and O–H groups in total. The molecule has 0 saturated heterocycles. The van der Waals surface area contributed by atoms with E-state index in [2.05, 4.69) is 10.3 Å². The maximum absolute atomic E-state index is 10.9. The second kappa shape index (κ2) is 6.97. The summed E-state index contributed by atoms with van der Waals surface area (Å²) in [6, 6.07) is 4.81. The van der Waals surface area contributed by atoms with Crippen LogP contribution < -0.4 is 0 Å². The van der Waals surface area contributed by atoms with Crippen molar-refractivity contribution in [2.75, 3.05) is 26.9 Å². The first-order valence-corrected chi connectivity index (χ1v) is 6.35. The molecule has 0 amide bonds. The number of nitrogens with zero attached hydrogens (tertiary/aromatic N) is 3. The molecular formula is C13H17N3O4. The van der Waals surface area contributed by atoms with Crippen LogP contribution in [0.2, 0.25) is 0 Å². The summed E-state index contributed by atoms with van der Waals surface area (Å²) in [5.74, 6) is -0.965. The SMILES string of the molecule is COCCOCCCn1nnc2cc(C(=O)O)ccc21. The number of methoxy groups -OCH3 is 1. The number of carboxylic acids is 1. The van der Waals surface area contributed by atoms with Gasteiger partial charge < -0.3 is 14.6 Å². The van der Waals surface area contributed by atoms with Crippen molar-refractivity contribution in [2.45, 2.75) is 13.0 Å². The third-order valence-electron chi connectivity index (χ3n) is 2.85. The van der Waals surface area contributed by atoms with Crippen LogP contribution in [0.1, 0.15) is 16.8 Å². The minimum atomic E-state index is -0.965. The molecule has 0 atom stereocenters. The van der Waals surface area contributed by atoms with Crippen molar-refractivity contribution < 1.29 is 19.4 Å². The quantitative estimate of drug-likeness (QED) is 0.730. The standard InChI is InChI=1S/C13H17N3O4/c1-19-7-8-20-6-2-5-16-12-4-3-10(13(17)18)9-11(12)14-15-16/h3-4,9H,2,5-8H2,1H3,(H,17,18). The smallest absolute Gasteiger partial charge is 0.335 e. The van der Waals surface area contributed by atoms with Gasteiger partial charge in [-0.3, -0.25) is 0 Å².